The molecule has 8 nitrogen and oxygen atoms in total. The van der Waals surface area contributed by atoms with Gasteiger partial charge in [-0.2, -0.15) is 0 Å². The van der Waals surface area contributed by atoms with Crippen molar-refractivity contribution in [1.82, 2.24) is 20.1 Å². The maximum atomic E-state index is 12.8. The number of nitrogens with zero attached hydrogens (tertiary/aromatic N) is 4. The summed E-state index contributed by atoms with van der Waals surface area (Å²) in [4.78, 5) is 18.9. The predicted octanol–water partition coefficient (Wildman–Crippen LogP) is 4.54. The Morgan fingerprint density at radius 1 is 1.03 bits per heavy atom. The van der Waals surface area contributed by atoms with E-state index >= 15 is 0 Å². The number of likely N-dealkylation sites (N-methyl/N-ethyl adjacent to an activating group) is 1. The first-order valence-corrected chi connectivity index (χ1v) is 11.4. The quantitative estimate of drug-likeness (QED) is 0.380. The molecule has 0 aliphatic rings. The van der Waals surface area contributed by atoms with Gasteiger partial charge in [-0.25, -0.2) is 0 Å². The summed E-state index contributed by atoms with van der Waals surface area (Å²) in [6, 6.07) is 18.8. The van der Waals surface area contributed by atoms with E-state index in [-0.39, 0.29) is 12.0 Å². The van der Waals surface area contributed by atoms with Gasteiger partial charge in [-0.05, 0) is 50.0 Å². The van der Waals surface area contributed by atoms with Crippen LogP contribution < -0.4 is 14.8 Å². The van der Waals surface area contributed by atoms with Crippen molar-refractivity contribution < 1.29 is 14.3 Å². The molecule has 4 rings (SSSR count). The lowest BCUT2D eigenvalue weighted by Crippen LogP contribution is -2.24. The molecular weight excluding hydrogens is 450 g/mol. The highest BCUT2D eigenvalue weighted by Crippen LogP contribution is 2.33. The average molecular weight is 476 g/mol. The summed E-state index contributed by atoms with van der Waals surface area (Å²) in [6.07, 6.45) is 3.18. The Morgan fingerprint density at radius 2 is 1.79 bits per heavy atom. The highest BCUT2D eigenvalue weighted by Gasteiger charge is 2.19. The van der Waals surface area contributed by atoms with E-state index in [4.69, 9.17) is 9.47 Å². The van der Waals surface area contributed by atoms with Gasteiger partial charge < -0.3 is 14.4 Å². The van der Waals surface area contributed by atoms with E-state index in [1.807, 2.05) is 56.6 Å². The fraction of sp³-hybridized carbons (Fsp3) is 0.200. The van der Waals surface area contributed by atoms with Crippen LogP contribution in [0.25, 0.3) is 10.6 Å². The first-order valence-electron chi connectivity index (χ1n) is 10.6. The van der Waals surface area contributed by atoms with Crippen molar-refractivity contribution in [3.05, 3.63) is 84.2 Å². The molecule has 9 heteroatoms. The summed E-state index contributed by atoms with van der Waals surface area (Å²) in [5.41, 5.74) is 2.37. The van der Waals surface area contributed by atoms with Crippen LogP contribution in [0.4, 0.5) is 5.13 Å². The molecule has 34 heavy (non-hydrogen) atoms. The Balaban J connectivity index is 1.50. The largest absolute Gasteiger partial charge is 0.493 e. The number of aromatic nitrogens is 3. The smallest absolute Gasteiger partial charge is 0.257 e. The van der Waals surface area contributed by atoms with Crippen LogP contribution in [0.2, 0.25) is 0 Å². The van der Waals surface area contributed by atoms with Crippen LogP contribution in [-0.2, 0) is 0 Å². The normalized spacial score (nSPS) is 11.8. The van der Waals surface area contributed by atoms with Gasteiger partial charge in [0, 0.05) is 30.1 Å². The fourth-order valence-electron chi connectivity index (χ4n) is 3.32. The number of rotatable bonds is 9. The van der Waals surface area contributed by atoms with Crippen LogP contribution in [0.15, 0.2) is 73.1 Å². The van der Waals surface area contributed by atoms with Crippen molar-refractivity contribution in [2.45, 2.75) is 6.10 Å². The molecule has 1 N–H and O–H groups in total. The van der Waals surface area contributed by atoms with Gasteiger partial charge in [0.1, 0.15) is 11.1 Å². The summed E-state index contributed by atoms with van der Waals surface area (Å²) in [5, 5.41) is 12.1. The monoisotopic (exact) mass is 475 g/mol. The van der Waals surface area contributed by atoms with Gasteiger partial charge in [0.2, 0.25) is 5.13 Å². The molecule has 0 bridgehead atoms. The highest BCUT2D eigenvalue weighted by atomic mass is 32.1. The van der Waals surface area contributed by atoms with E-state index in [1.54, 1.807) is 37.7 Å². The average Bonchev–Trinajstić information content (AvgIpc) is 3.33. The summed E-state index contributed by atoms with van der Waals surface area (Å²) >= 11 is 1.29. The third kappa shape index (κ3) is 5.75. The van der Waals surface area contributed by atoms with Crippen molar-refractivity contribution in [3.8, 4) is 22.1 Å². The predicted molar refractivity (Wildman–Crippen MR) is 132 cm³/mol. The summed E-state index contributed by atoms with van der Waals surface area (Å²) in [7, 11) is 5.55. The molecular formula is C25H25N5O3S. The van der Waals surface area contributed by atoms with Crippen LogP contribution >= 0.6 is 11.3 Å². The molecule has 0 aliphatic heterocycles. The summed E-state index contributed by atoms with van der Waals surface area (Å²) in [5.74, 6) is 0.725. The van der Waals surface area contributed by atoms with Crippen LogP contribution in [0.1, 0.15) is 22.0 Å². The lowest BCUT2D eigenvalue weighted by Gasteiger charge is -2.24. The number of hydrogen-bond acceptors (Lipinski definition) is 8. The second kappa shape index (κ2) is 10.9. The molecule has 1 amide bonds. The number of carbonyl (C=O) groups excluding carboxylic acids is 1. The van der Waals surface area contributed by atoms with E-state index < -0.39 is 0 Å². The van der Waals surface area contributed by atoms with E-state index in [2.05, 4.69) is 25.4 Å². The molecule has 4 aromatic rings. The Hall–Kier alpha value is -3.82. The number of anilines is 1. The standard InChI is InChI=1S/C25H25N5O3S/c1-30(2)16-22(17-7-5-4-6-8-17)33-20-10-9-19(15-21(20)32-3)23(31)27-25-29-28-24(34-25)18-11-13-26-14-12-18/h4-15,22H,16H2,1-3H3,(H,27,29,31)/t22-/m0/s1. The molecule has 2 aromatic heterocycles. The van der Waals surface area contributed by atoms with Crippen molar-refractivity contribution in [2.75, 3.05) is 33.1 Å². The van der Waals surface area contributed by atoms with E-state index in [1.165, 1.54) is 11.3 Å². The molecule has 0 unspecified atom stereocenters. The molecule has 0 radical (unpaired) electrons. The highest BCUT2D eigenvalue weighted by molar-refractivity contribution is 7.18. The van der Waals surface area contributed by atoms with E-state index in [9.17, 15) is 4.79 Å². The number of ether oxygens (including phenoxy) is 2. The minimum absolute atomic E-state index is 0.197. The molecule has 0 saturated carbocycles. The Labute approximate surface area is 202 Å². The Bertz CT molecular complexity index is 1230. The summed E-state index contributed by atoms with van der Waals surface area (Å²) in [6.45, 7) is 0.687. The fourth-order valence-corrected chi connectivity index (χ4v) is 4.07. The molecule has 2 aromatic carbocycles. The minimum atomic E-state index is -0.310. The molecule has 0 saturated heterocycles. The molecule has 0 spiro atoms. The first-order chi connectivity index (χ1) is 16.5. The second-order valence-corrected chi connectivity index (χ2v) is 8.72. The van der Waals surface area contributed by atoms with Crippen LogP contribution in [0, 0.1) is 0 Å². The number of benzene rings is 2. The zero-order valence-corrected chi connectivity index (χ0v) is 20.0. The van der Waals surface area contributed by atoms with Crippen molar-refractivity contribution >= 4 is 22.4 Å². The van der Waals surface area contributed by atoms with Crippen LogP contribution in [0.5, 0.6) is 11.5 Å². The number of pyridine rings is 1. The molecule has 2 heterocycles. The zero-order valence-electron chi connectivity index (χ0n) is 19.1. The van der Waals surface area contributed by atoms with Crippen LogP contribution in [0.3, 0.4) is 0 Å². The molecule has 1 atom stereocenters. The maximum Gasteiger partial charge on any atom is 0.257 e. The minimum Gasteiger partial charge on any atom is -0.493 e. The SMILES string of the molecule is COc1cc(C(=O)Nc2nnc(-c3ccncc3)s2)ccc1O[C@@H](CN(C)C)c1ccccc1. The van der Waals surface area contributed by atoms with Gasteiger partial charge in [0.05, 0.1) is 7.11 Å². The molecule has 0 aliphatic carbocycles. The van der Waals surface area contributed by atoms with Crippen molar-refractivity contribution in [2.24, 2.45) is 0 Å². The maximum absolute atomic E-state index is 12.8. The van der Waals surface area contributed by atoms with E-state index in [0.717, 1.165) is 11.1 Å². The molecule has 174 valence electrons. The molecule has 0 fully saturated rings. The number of carbonyl (C=O) groups is 1. The third-order valence-corrected chi connectivity index (χ3v) is 5.86. The number of hydrogen-bond donors (Lipinski definition) is 1. The summed E-state index contributed by atoms with van der Waals surface area (Å²) < 4.78 is 11.9. The number of methoxy groups -OCH3 is 1. The van der Waals surface area contributed by atoms with Gasteiger partial charge in [-0.15, -0.1) is 10.2 Å². The topological polar surface area (TPSA) is 89.5 Å². The third-order valence-electron chi connectivity index (χ3n) is 4.97. The number of amides is 1. The lowest BCUT2D eigenvalue weighted by atomic mass is 10.1. The first kappa shape index (κ1) is 23.3. The second-order valence-electron chi connectivity index (χ2n) is 7.75. The van der Waals surface area contributed by atoms with Gasteiger partial charge in [0.25, 0.3) is 5.91 Å². The Kier molecular flexibility index (Phi) is 7.46. The van der Waals surface area contributed by atoms with E-state index in [0.29, 0.717) is 33.7 Å². The van der Waals surface area contributed by atoms with Crippen molar-refractivity contribution in [1.29, 1.82) is 0 Å². The van der Waals surface area contributed by atoms with Gasteiger partial charge >= 0.3 is 0 Å². The van der Waals surface area contributed by atoms with Crippen LogP contribution in [-0.4, -0.2) is 53.7 Å². The van der Waals surface area contributed by atoms with Gasteiger partial charge in [-0.3, -0.25) is 15.1 Å². The van der Waals surface area contributed by atoms with Gasteiger partial charge in [-0.1, -0.05) is 41.7 Å². The number of nitrogens with one attached hydrogen (secondary N) is 1. The zero-order chi connectivity index (χ0) is 23.9. The van der Waals surface area contributed by atoms with Gasteiger partial charge in [0.15, 0.2) is 11.5 Å². The Morgan fingerprint density at radius 3 is 2.50 bits per heavy atom. The lowest BCUT2D eigenvalue weighted by molar-refractivity contribution is 0.102. The van der Waals surface area contributed by atoms with Crippen molar-refractivity contribution in [3.63, 3.8) is 0 Å².